The number of thiazole rings is 1. The number of benzene rings is 1. The van der Waals surface area contributed by atoms with Crippen LogP contribution in [-0.2, 0) is 6.54 Å². The molecule has 2 aromatic rings. The van der Waals surface area contributed by atoms with Gasteiger partial charge in [-0.2, -0.15) is 0 Å². The lowest BCUT2D eigenvalue weighted by Crippen LogP contribution is -2.32. The maximum Gasteiger partial charge on any atom is 0.308 e. The van der Waals surface area contributed by atoms with E-state index in [9.17, 15) is 9.59 Å². The number of carbonyl (C=O) groups is 1. The van der Waals surface area contributed by atoms with Crippen LogP contribution in [0.25, 0.3) is 0 Å². The highest BCUT2D eigenvalue weighted by molar-refractivity contribution is 7.11. The monoisotopic (exact) mass is 346 g/mol. The summed E-state index contributed by atoms with van der Waals surface area (Å²) in [7, 11) is 1.61. The summed E-state index contributed by atoms with van der Waals surface area (Å²) in [5, 5.41) is 3.06. The van der Waals surface area contributed by atoms with Gasteiger partial charge in [-0.1, -0.05) is 42.4 Å². The molecule has 1 aliphatic carbocycles. The van der Waals surface area contributed by atoms with Crippen LogP contribution in [0.15, 0.2) is 29.1 Å². The molecule has 0 bridgehead atoms. The number of hydrogen-bond acceptors (Lipinski definition) is 4. The van der Waals surface area contributed by atoms with E-state index in [0.29, 0.717) is 17.1 Å². The van der Waals surface area contributed by atoms with Gasteiger partial charge in [0.2, 0.25) is 0 Å². The van der Waals surface area contributed by atoms with Gasteiger partial charge in [0.1, 0.15) is 10.6 Å². The summed E-state index contributed by atoms with van der Waals surface area (Å²) in [4.78, 5) is 25.3. The number of methoxy groups -OCH3 is 1. The first-order valence-corrected chi connectivity index (χ1v) is 9.04. The molecule has 24 heavy (non-hydrogen) atoms. The molecular formula is C18H22N2O3S. The summed E-state index contributed by atoms with van der Waals surface area (Å²) in [6.45, 7) is 2.23. The molecule has 5 nitrogen and oxygen atoms in total. The second kappa shape index (κ2) is 7.21. The van der Waals surface area contributed by atoms with Gasteiger partial charge in [-0.3, -0.25) is 14.2 Å². The summed E-state index contributed by atoms with van der Waals surface area (Å²) in [6, 6.07) is 7.86. The summed E-state index contributed by atoms with van der Waals surface area (Å²) in [6.07, 6.45) is 4.38. The first-order valence-electron chi connectivity index (χ1n) is 8.23. The van der Waals surface area contributed by atoms with Gasteiger partial charge in [0.25, 0.3) is 5.91 Å². The van der Waals surface area contributed by atoms with E-state index in [4.69, 9.17) is 4.74 Å². The Balaban J connectivity index is 1.83. The summed E-state index contributed by atoms with van der Waals surface area (Å²) < 4.78 is 6.99. The lowest BCUT2D eigenvalue weighted by molar-refractivity contribution is 0.0941. The Morgan fingerprint density at radius 3 is 2.75 bits per heavy atom. The molecule has 1 N–H and O–H groups in total. The Hall–Kier alpha value is -2.08. The molecule has 0 radical (unpaired) electrons. The van der Waals surface area contributed by atoms with Crippen LogP contribution in [0.3, 0.4) is 0 Å². The minimum atomic E-state index is -0.125. The third-order valence-electron chi connectivity index (χ3n) is 4.56. The quantitative estimate of drug-likeness (QED) is 0.905. The third kappa shape index (κ3) is 3.38. The molecule has 0 aliphatic heterocycles. The Bertz CT molecular complexity index is 788. The number of rotatable bonds is 5. The number of nitrogens with zero attached hydrogens (tertiary/aromatic N) is 1. The Labute approximate surface area is 145 Å². The normalized spacial score (nSPS) is 14.8. The minimum Gasteiger partial charge on any atom is -0.496 e. The predicted molar refractivity (Wildman–Crippen MR) is 95.1 cm³/mol. The lowest BCUT2D eigenvalue weighted by Gasteiger charge is -2.12. The smallest absolute Gasteiger partial charge is 0.308 e. The molecule has 1 fully saturated rings. The Morgan fingerprint density at radius 2 is 2.04 bits per heavy atom. The second-order valence-electron chi connectivity index (χ2n) is 6.14. The third-order valence-corrected chi connectivity index (χ3v) is 5.64. The Kier molecular flexibility index (Phi) is 5.04. The van der Waals surface area contributed by atoms with E-state index in [1.54, 1.807) is 11.7 Å². The number of amides is 1. The molecule has 3 rings (SSSR count). The topological polar surface area (TPSA) is 60.3 Å². The van der Waals surface area contributed by atoms with E-state index < -0.39 is 0 Å². The zero-order chi connectivity index (χ0) is 17.1. The zero-order valence-electron chi connectivity index (χ0n) is 14.0. The van der Waals surface area contributed by atoms with Gasteiger partial charge in [-0.05, 0) is 25.8 Å². The predicted octanol–water partition coefficient (Wildman–Crippen LogP) is 2.95. The molecule has 0 spiro atoms. The van der Waals surface area contributed by atoms with Crippen LogP contribution in [0.5, 0.6) is 5.75 Å². The Morgan fingerprint density at radius 1 is 1.33 bits per heavy atom. The molecule has 128 valence electrons. The SMILES string of the molecule is COc1ccccc1Cn1c(C)c(C(=O)NC2CCCC2)sc1=O. The summed E-state index contributed by atoms with van der Waals surface area (Å²) >= 11 is 1.02. The molecule has 1 aromatic carbocycles. The van der Waals surface area contributed by atoms with Crippen LogP contribution in [0.1, 0.15) is 46.6 Å². The van der Waals surface area contributed by atoms with E-state index in [2.05, 4.69) is 5.32 Å². The molecule has 1 saturated carbocycles. The fourth-order valence-corrected chi connectivity index (χ4v) is 4.09. The molecule has 0 unspecified atom stereocenters. The first-order chi connectivity index (χ1) is 11.6. The van der Waals surface area contributed by atoms with Crippen LogP contribution >= 0.6 is 11.3 Å². The van der Waals surface area contributed by atoms with E-state index in [1.807, 2.05) is 31.2 Å². The fourth-order valence-electron chi connectivity index (χ4n) is 3.19. The van der Waals surface area contributed by atoms with Crippen molar-refractivity contribution in [2.24, 2.45) is 0 Å². The van der Waals surface area contributed by atoms with Gasteiger partial charge in [0.05, 0.1) is 13.7 Å². The van der Waals surface area contributed by atoms with E-state index in [-0.39, 0.29) is 16.8 Å². The van der Waals surface area contributed by atoms with Crippen LogP contribution in [0.4, 0.5) is 0 Å². The second-order valence-corrected chi connectivity index (χ2v) is 7.10. The maximum atomic E-state index is 12.5. The molecule has 0 saturated heterocycles. The van der Waals surface area contributed by atoms with Gasteiger partial charge >= 0.3 is 4.87 Å². The van der Waals surface area contributed by atoms with Gasteiger partial charge in [-0.25, -0.2) is 0 Å². The molecule has 1 heterocycles. The van der Waals surface area contributed by atoms with Crippen molar-refractivity contribution < 1.29 is 9.53 Å². The van der Waals surface area contributed by atoms with Crippen LogP contribution in [0, 0.1) is 6.92 Å². The number of nitrogens with one attached hydrogen (secondary N) is 1. The van der Waals surface area contributed by atoms with Crippen LogP contribution < -0.4 is 14.9 Å². The first kappa shape index (κ1) is 16.8. The zero-order valence-corrected chi connectivity index (χ0v) is 14.8. The van der Waals surface area contributed by atoms with Crippen LogP contribution in [0.2, 0.25) is 0 Å². The highest BCUT2D eigenvalue weighted by Crippen LogP contribution is 2.22. The van der Waals surface area contributed by atoms with Gasteiger partial charge < -0.3 is 10.1 Å². The van der Waals surface area contributed by atoms with Gasteiger partial charge in [0, 0.05) is 17.3 Å². The van der Waals surface area contributed by atoms with Gasteiger partial charge in [-0.15, -0.1) is 0 Å². The number of para-hydroxylation sites is 1. The maximum absolute atomic E-state index is 12.5. The highest BCUT2D eigenvalue weighted by atomic mass is 32.1. The number of hydrogen-bond donors (Lipinski definition) is 1. The highest BCUT2D eigenvalue weighted by Gasteiger charge is 2.22. The van der Waals surface area contributed by atoms with Crippen molar-refractivity contribution in [1.82, 2.24) is 9.88 Å². The van der Waals surface area contributed by atoms with E-state index >= 15 is 0 Å². The fraction of sp³-hybridized carbons (Fsp3) is 0.444. The molecule has 1 aromatic heterocycles. The van der Waals surface area contributed by atoms with Crippen molar-refractivity contribution in [2.75, 3.05) is 7.11 Å². The van der Waals surface area contributed by atoms with Crippen LogP contribution in [-0.4, -0.2) is 23.6 Å². The molecule has 6 heteroatoms. The summed E-state index contributed by atoms with van der Waals surface area (Å²) in [5.74, 6) is 0.618. The largest absolute Gasteiger partial charge is 0.496 e. The number of carbonyl (C=O) groups excluding carboxylic acids is 1. The van der Waals surface area contributed by atoms with Crippen molar-refractivity contribution in [1.29, 1.82) is 0 Å². The number of aromatic nitrogens is 1. The summed E-state index contributed by atoms with van der Waals surface area (Å²) in [5.41, 5.74) is 1.64. The average molecular weight is 346 g/mol. The number of ether oxygens (including phenoxy) is 1. The molecule has 1 amide bonds. The average Bonchev–Trinajstić information content (AvgIpc) is 3.18. The molecule has 1 aliphatic rings. The van der Waals surface area contributed by atoms with E-state index in [0.717, 1.165) is 48.3 Å². The van der Waals surface area contributed by atoms with Crippen molar-refractivity contribution in [3.8, 4) is 5.75 Å². The van der Waals surface area contributed by atoms with Crippen molar-refractivity contribution in [3.05, 3.63) is 50.1 Å². The van der Waals surface area contributed by atoms with Crippen molar-refractivity contribution in [2.45, 2.75) is 45.2 Å². The van der Waals surface area contributed by atoms with E-state index in [1.165, 1.54) is 0 Å². The van der Waals surface area contributed by atoms with Crippen molar-refractivity contribution in [3.63, 3.8) is 0 Å². The lowest BCUT2D eigenvalue weighted by atomic mass is 10.2. The molecule has 0 atom stereocenters. The van der Waals surface area contributed by atoms with Crippen molar-refractivity contribution >= 4 is 17.2 Å². The minimum absolute atomic E-state index is 0.116. The molecular weight excluding hydrogens is 324 g/mol. The van der Waals surface area contributed by atoms with Gasteiger partial charge in [0.15, 0.2) is 0 Å². The standard InChI is InChI=1S/C18H22N2O3S/c1-12-16(17(21)19-14-8-4-5-9-14)24-18(22)20(12)11-13-7-3-6-10-15(13)23-2/h3,6-7,10,14H,4-5,8-9,11H2,1-2H3,(H,19,21).